The summed E-state index contributed by atoms with van der Waals surface area (Å²) in [6, 6.07) is 1.54. The smallest absolute Gasteiger partial charge is 0.345 e. The Bertz CT molecular complexity index is 484. The SMILES string of the molecule is Cc1sc(C(=O)O)cc1CNC1CCN(C)C1=O. The van der Waals surface area contributed by atoms with Gasteiger partial charge >= 0.3 is 5.97 Å². The molecule has 2 heterocycles. The quantitative estimate of drug-likeness (QED) is 0.857. The molecule has 0 saturated carbocycles. The molecule has 0 radical (unpaired) electrons. The van der Waals surface area contributed by atoms with Gasteiger partial charge in [-0.25, -0.2) is 4.79 Å². The molecule has 1 aromatic heterocycles. The van der Waals surface area contributed by atoms with Crippen LogP contribution in [0, 0.1) is 6.92 Å². The molecule has 1 saturated heterocycles. The largest absolute Gasteiger partial charge is 0.477 e. The second-order valence-electron chi connectivity index (χ2n) is 4.48. The van der Waals surface area contributed by atoms with Crippen molar-refractivity contribution >= 4 is 23.2 Å². The summed E-state index contributed by atoms with van der Waals surface area (Å²) in [5.74, 6) is -0.785. The molecular formula is C12H16N2O3S. The molecule has 5 nitrogen and oxygen atoms in total. The van der Waals surface area contributed by atoms with E-state index < -0.39 is 5.97 Å². The number of carbonyl (C=O) groups excluding carboxylic acids is 1. The van der Waals surface area contributed by atoms with Crippen LogP contribution in [0.15, 0.2) is 6.07 Å². The number of amides is 1. The lowest BCUT2D eigenvalue weighted by atomic mass is 10.2. The number of hydrogen-bond acceptors (Lipinski definition) is 4. The lowest BCUT2D eigenvalue weighted by Crippen LogP contribution is -2.36. The van der Waals surface area contributed by atoms with E-state index in [0.29, 0.717) is 11.4 Å². The number of carboxylic acids is 1. The summed E-state index contributed by atoms with van der Waals surface area (Å²) in [4.78, 5) is 25.6. The highest BCUT2D eigenvalue weighted by molar-refractivity contribution is 7.14. The van der Waals surface area contributed by atoms with Crippen LogP contribution in [0.2, 0.25) is 0 Å². The number of carboxylic acid groups (broad SMARTS) is 1. The van der Waals surface area contributed by atoms with Crippen LogP contribution in [-0.4, -0.2) is 41.5 Å². The van der Waals surface area contributed by atoms with Crippen molar-refractivity contribution in [1.29, 1.82) is 0 Å². The summed E-state index contributed by atoms with van der Waals surface area (Å²) in [5.41, 5.74) is 0.958. The highest BCUT2D eigenvalue weighted by Gasteiger charge is 2.28. The topological polar surface area (TPSA) is 69.6 Å². The number of likely N-dealkylation sites (tertiary alicyclic amines) is 1. The zero-order valence-electron chi connectivity index (χ0n) is 10.4. The normalized spacial score (nSPS) is 19.6. The first-order valence-electron chi connectivity index (χ1n) is 5.80. The predicted octanol–water partition coefficient (Wildman–Crippen LogP) is 1.08. The Morgan fingerprint density at radius 2 is 2.39 bits per heavy atom. The van der Waals surface area contributed by atoms with E-state index >= 15 is 0 Å². The van der Waals surface area contributed by atoms with Gasteiger partial charge in [-0.15, -0.1) is 11.3 Å². The second kappa shape index (κ2) is 5.07. The highest BCUT2D eigenvalue weighted by Crippen LogP contribution is 2.22. The van der Waals surface area contributed by atoms with Crippen molar-refractivity contribution < 1.29 is 14.7 Å². The summed E-state index contributed by atoms with van der Waals surface area (Å²) in [7, 11) is 1.79. The van der Waals surface area contributed by atoms with Crippen molar-refractivity contribution in [3.63, 3.8) is 0 Å². The summed E-state index contributed by atoms with van der Waals surface area (Å²) in [6.07, 6.45) is 0.810. The van der Waals surface area contributed by atoms with Gasteiger partial charge in [0.05, 0.1) is 6.04 Å². The Morgan fingerprint density at radius 1 is 1.67 bits per heavy atom. The van der Waals surface area contributed by atoms with Gasteiger partial charge in [-0.3, -0.25) is 4.79 Å². The minimum Gasteiger partial charge on any atom is -0.477 e. The number of carbonyl (C=O) groups is 2. The molecule has 0 bridgehead atoms. The van der Waals surface area contributed by atoms with Gasteiger partial charge in [0.15, 0.2) is 0 Å². The fraction of sp³-hybridized carbons (Fsp3) is 0.500. The lowest BCUT2D eigenvalue weighted by Gasteiger charge is -2.11. The summed E-state index contributed by atoms with van der Waals surface area (Å²) < 4.78 is 0. The molecule has 6 heteroatoms. The molecule has 0 aromatic carbocycles. The van der Waals surface area contributed by atoms with E-state index in [9.17, 15) is 9.59 Å². The predicted molar refractivity (Wildman–Crippen MR) is 68.9 cm³/mol. The molecule has 98 valence electrons. The van der Waals surface area contributed by atoms with Crippen molar-refractivity contribution in [3.8, 4) is 0 Å². The van der Waals surface area contributed by atoms with Crippen LogP contribution >= 0.6 is 11.3 Å². The zero-order valence-corrected chi connectivity index (χ0v) is 11.2. The summed E-state index contributed by atoms with van der Waals surface area (Å²) in [5, 5.41) is 12.1. The monoisotopic (exact) mass is 268 g/mol. The number of likely N-dealkylation sites (N-methyl/N-ethyl adjacent to an activating group) is 1. The average molecular weight is 268 g/mol. The van der Waals surface area contributed by atoms with Crippen LogP contribution in [0.25, 0.3) is 0 Å². The zero-order chi connectivity index (χ0) is 13.3. The van der Waals surface area contributed by atoms with Gasteiger partial charge in [0, 0.05) is 25.0 Å². The van der Waals surface area contributed by atoms with Crippen LogP contribution in [0.1, 0.15) is 26.5 Å². The highest BCUT2D eigenvalue weighted by atomic mass is 32.1. The van der Waals surface area contributed by atoms with Crippen LogP contribution in [0.3, 0.4) is 0 Å². The second-order valence-corrected chi connectivity index (χ2v) is 5.74. The van der Waals surface area contributed by atoms with E-state index in [1.807, 2.05) is 6.92 Å². The van der Waals surface area contributed by atoms with Crippen LogP contribution < -0.4 is 5.32 Å². The average Bonchev–Trinajstić information content (AvgIpc) is 2.83. The first-order valence-corrected chi connectivity index (χ1v) is 6.61. The van der Waals surface area contributed by atoms with E-state index in [2.05, 4.69) is 5.32 Å². The van der Waals surface area contributed by atoms with Gasteiger partial charge in [-0.2, -0.15) is 0 Å². The molecule has 1 aromatic rings. The standard InChI is InChI=1S/C12H16N2O3S/c1-7-8(5-10(18-7)12(16)17)6-13-9-3-4-14(2)11(9)15/h5,9,13H,3-4,6H2,1-2H3,(H,16,17). The van der Waals surface area contributed by atoms with E-state index in [1.165, 1.54) is 11.3 Å². The molecule has 1 amide bonds. The molecule has 2 N–H and O–H groups in total. The Hall–Kier alpha value is -1.40. The van der Waals surface area contributed by atoms with Crippen LogP contribution in [0.4, 0.5) is 0 Å². The van der Waals surface area contributed by atoms with Crippen molar-refractivity contribution in [2.75, 3.05) is 13.6 Å². The minimum atomic E-state index is -0.897. The fourth-order valence-electron chi connectivity index (χ4n) is 2.05. The number of rotatable bonds is 4. The molecule has 18 heavy (non-hydrogen) atoms. The maximum Gasteiger partial charge on any atom is 0.345 e. The van der Waals surface area contributed by atoms with Gasteiger partial charge in [0.2, 0.25) is 5.91 Å². The third-order valence-electron chi connectivity index (χ3n) is 3.20. The number of nitrogens with one attached hydrogen (secondary N) is 1. The lowest BCUT2D eigenvalue weighted by molar-refractivity contribution is -0.128. The third kappa shape index (κ3) is 2.54. The fourth-order valence-corrected chi connectivity index (χ4v) is 2.93. The third-order valence-corrected chi connectivity index (χ3v) is 4.28. The minimum absolute atomic E-state index is 0.112. The van der Waals surface area contributed by atoms with E-state index in [1.54, 1.807) is 18.0 Å². The van der Waals surface area contributed by atoms with Gasteiger partial charge in [0.25, 0.3) is 0 Å². The number of aryl methyl sites for hydroxylation is 1. The summed E-state index contributed by atoms with van der Waals surface area (Å²) >= 11 is 1.27. The van der Waals surface area contributed by atoms with E-state index in [-0.39, 0.29) is 11.9 Å². The van der Waals surface area contributed by atoms with E-state index in [4.69, 9.17) is 5.11 Å². The number of thiophene rings is 1. The molecule has 1 aliphatic heterocycles. The molecule has 0 spiro atoms. The first-order chi connectivity index (χ1) is 8.49. The molecule has 0 aliphatic carbocycles. The number of aromatic carboxylic acids is 1. The Morgan fingerprint density at radius 3 is 2.89 bits per heavy atom. The van der Waals surface area contributed by atoms with Gasteiger partial charge in [-0.1, -0.05) is 0 Å². The Kier molecular flexibility index (Phi) is 3.68. The molecule has 1 aliphatic rings. The molecule has 1 fully saturated rings. The van der Waals surface area contributed by atoms with Crippen LogP contribution in [0.5, 0.6) is 0 Å². The molecular weight excluding hydrogens is 252 g/mol. The summed E-state index contributed by atoms with van der Waals surface area (Å²) in [6.45, 7) is 3.22. The van der Waals surface area contributed by atoms with Crippen molar-refractivity contribution in [1.82, 2.24) is 10.2 Å². The molecule has 1 atom stereocenters. The molecule has 2 rings (SSSR count). The Labute approximate surface area is 109 Å². The Balaban J connectivity index is 1.98. The van der Waals surface area contributed by atoms with Gasteiger partial charge in [0.1, 0.15) is 4.88 Å². The van der Waals surface area contributed by atoms with Crippen LogP contribution in [-0.2, 0) is 11.3 Å². The number of nitrogens with zero attached hydrogens (tertiary/aromatic N) is 1. The molecule has 1 unspecified atom stereocenters. The van der Waals surface area contributed by atoms with E-state index in [0.717, 1.165) is 23.4 Å². The maximum absolute atomic E-state index is 11.7. The van der Waals surface area contributed by atoms with Gasteiger partial charge in [-0.05, 0) is 25.0 Å². The van der Waals surface area contributed by atoms with Crippen molar-refractivity contribution in [3.05, 3.63) is 21.4 Å². The number of hydrogen-bond donors (Lipinski definition) is 2. The van der Waals surface area contributed by atoms with Gasteiger partial charge < -0.3 is 15.3 Å². The first kappa shape index (κ1) is 13.0. The van der Waals surface area contributed by atoms with Crippen molar-refractivity contribution in [2.45, 2.75) is 25.9 Å². The van der Waals surface area contributed by atoms with Crippen molar-refractivity contribution in [2.24, 2.45) is 0 Å². The maximum atomic E-state index is 11.7.